The van der Waals surface area contributed by atoms with E-state index in [0.717, 1.165) is 64.2 Å². The van der Waals surface area contributed by atoms with Crippen LogP contribution in [0.2, 0.25) is 0 Å². The highest BCUT2D eigenvalue weighted by Crippen LogP contribution is 2.18. The van der Waals surface area contributed by atoms with Crippen LogP contribution in [0.5, 0.6) is 11.5 Å². The molecule has 0 unspecified atom stereocenters. The van der Waals surface area contributed by atoms with Crippen molar-refractivity contribution in [3.05, 3.63) is 190 Å². The number of nitrogens with one attached hydrogen (secondary N) is 6. The zero-order valence-corrected chi connectivity index (χ0v) is 41.4. The summed E-state index contributed by atoms with van der Waals surface area (Å²) in [6.07, 6.45) is 12.6. The van der Waals surface area contributed by atoms with Crippen LogP contribution in [0.1, 0.15) is 90.9 Å². The predicted molar refractivity (Wildman–Crippen MR) is 297 cm³/mol. The van der Waals surface area contributed by atoms with Gasteiger partial charge in [-0.15, -0.1) is 0 Å². The number of anilines is 1. The van der Waals surface area contributed by atoms with Crippen molar-refractivity contribution in [2.24, 2.45) is 0 Å². The smallest absolute Gasteiger partial charge is 0.255 e. The van der Waals surface area contributed by atoms with Crippen molar-refractivity contribution in [1.29, 1.82) is 0 Å². The van der Waals surface area contributed by atoms with E-state index in [-0.39, 0.29) is 38.0 Å². The molecule has 0 saturated carbocycles. The molecule has 7 aromatic rings. The molecule has 0 saturated heterocycles. The second-order valence-corrected chi connectivity index (χ2v) is 18.0. The van der Waals surface area contributed by atoms with Crippen molar-refractivity contribution < 1.29 is 9.47 Å². The number of hydrogen-bond donors (Lipinski definition) is 7. The van der Waals surface area contributed by atoms with Gasteiger partial charge in [0.2, 0.25) is 0 Å². The summed E-state index contributed by atoms with van der Waals surface area (Å²) >= 11 is 0. The molecule has 73 heavy (non-hydrogen) atoms. The zero-order chi connectivity index (χ0) is 51.5. The minimum Gasteiger partial charge on any atom is -0.494 e. The largest absolute Gasteiger partial charge is 0.494 e. The van der Waals surface area contributed by atoms with E-state index in [0.29, 0.717) is 57.8 Å². The third-order valence-electron chi connectivity index (χ3n) is 12.0. The molecule has 0 aliphatic rings. The predicted octanol–water partition coefficient (Wildman–Crippen LogP) is 10.9. The van der Waals surface area contributed by atoms with Crippen molar-refractivity contribution >= 4 is 71.1 Å². The molecular weight excluding hydrogens is 923 g/mol. The number of fused-ring (bicyclic) bond motifs is 12. The number of aromatic nitrogens is 6. The first-order valence-corrected chi connectivity index (χ1v) is 25.1. The fraction of sp³-hybridized carbons (Fsp3) is 0.276. The molecule has 1 heterocycles. The van der Waals surface area contributed by atoms with E-state index in [2.05, 4.69) is 43.8 Å². The van der Waals surface area contributed by atoms with Crippen LogP contribution in [0.25, 0.3) is 65.4 Å². The fourth-order valence-corrected chi connectivity index (χ4v) is 8.19. The number of benzene rings is 6. The van der Waals surface area contributed by atoms with Gasteiger partial charge in [-0.3, -0.25) is 28.8 Å². The summed E-state index contributed by atoms with van der Waals surface area (Å²) in [6.45, 7) is 5.10. The molecule has 0 amide bonds. The summed E-state index contributed by atoms with van der Waals surface area (Å²) < 4.78 is 12.2. The van der Waals surface area contributed by atoms with Crippen LogP contribution in [0, 0.1) is 0 Å². The van der Waals surface area contributed by atoms with Crippen molar-refractivity contribution in [1.82, 2.24) is 29.9 Å². The van der Waals surface area contributed by atoms with Gasteiger partial charge >= 0.3 is 0 Å². The Morgan fingerprint density at radius 1 is 0.329 bits per heavy atom. The Balaban J connectivity index is 1.46. The SMILES string of the molecule is CCCCCCCCOc1cc2cc(c1)c(=O)[nH]c1cccc(c1)[nH]c(=O)c1cc(OCCCCCCCC)cc(c1)c(=O)[nH]c1cccc(c1)[nH]c(=O)c1cc(N)cc(c1)c(=O)[nH]c1cccc(c1)[nH]c2=O. The molecule has 0 atom stereocenters. The topological polar surface area (TPSA) is 242 Å². The summed E-state index contributed by atoms with van der Waals surface area (Å²) in [4.78, 5) is 100. The van der Waals surface area contributed by atoms with Gasteiger partial charge in [-0.1, -0.05) is 96.3 Å². The molecule has 8 N–H and O–H groups in total. The summed E-state index contributed by atoms with van der Waals surface area (Å²) in [5.41, 5.74) is 5.17. The second-order valence-electron chi connectivity index (χ2n) is 18.0. The highest BCUT2D eigenvalue weighted by molar-refractivity contribution is 5.74. The lowest BCUT2D eigenvalue weighted by molar-refractivity contribution is 0.305. The van der Waals surface area contributed by atoms with Crippen molar-refractivity contribution in [3.8, 4) is 11.5 Å². The van der Waals surface area contributed by atoms with E-state index >= 15 is 0 Å². The van der Waals surface area contributed by atoms with Gasteiger partial charge in [0.1, 0.15) is 11.5 Å². The normalized spacial score (nSPS) is 10.9. The molecule has 15 nitrogen and oxygen atoms in total. The number of rotatable bonds is 16. The number of ether oxygens (including phenoxy) is 2. The Morgan fingerprint density at radius 2 is 0.575 bits per heavy atom. The van der Waals surface area contributed by atoms with Gasteiger partial charge < -0.3 is 45.1 Å². The first-order chi connectivity index (χ1) is 35.4. The summed E-state index contributed by atoms with van der Waals surface area (Å²) in [5, 5.41) is 0.773. The number of nitrogen functional groups attached to an aromatic ring is 1. The van der Waals surface area contributed by atoms with Crippen LogP contribution in [0.4, 0.5) is 5.69 Å². The van der Waals surface area contributed by atoms with E-state index in [1.165, 1.54) is 43.2 Å². The summed E-state index contributed by atoms with van der Waals surface area (Å²) in [7, 11) is 0. The van der Waals surface area contributed by atoms with Crippen LogP contribution in [-0.4, -0.2) is 43.1 Å². The molecule has 0 spiro atoms. The Morgan fingerprint density at radius 3 is 0.849 bits per heavy atom. The Bertz CT molecular complexity index is 3570. The van der Waals surface area contributed by atoms with Gasteiger partial charge in [-0.25, -0.2) is 0 Å². The number of aromatic amines is 6. The zero-order valence-electron chi connectivity index (χ0n) is 41.4. The third-order valence-corrected chi connectivity index (χ3v) is 12.0. The van der Waals surface area contributed by atoms with Crippen molar-refractivity contribution in [3.63, 3.8) is 0 Å². The van der Waals surface area contributed by atoms with Crippen LogP contribution >= 0.6 is 0 Å². The molecule has 0 radical (unpaired) electrons. The van der Waals surface area contributed by atoms with E-state index in [1.807, 2.05) is 0 Å². The Hall–Kier alpha value is -8.46. The van der Waals surface area contributed by atoms with Crippen LogP contribution < -0.4 is 48.6 Å². The number of H-pyrrole nitrogens is 6. The molecule has 0 aliphatic heterocycles. The van der Waals surface area contributed by atoms with Crippen LogP contribution in [0.3, 0.4) is 0 Å². The number of unbranched alkanes of at least 4 members (excludes halogenated alkanes) is 10. The molecule has 0 aliphatic carbocycles. The quantitative estimate of drug-likeness (QED) is 0.0359. The average molecular weight is 986 g/mol. The van der Waals surface area contributed by atoms with E-state index in [4.69, 9.17) is 15.2 Å². The molecule has 6 aromatic carbocycles. The highest BCUT2D eigenvalue weighted by atomic mass is 16.5. The average Bonchev–Trinajstić information content (AvgIpc) is 3.37. The fourth-order valence-electron chi connectivity index (χ4n) is 8.19. The molecule has 12 bridgehead atoms. The minimum absolute atomic E-state index is 0.0989. The minimum atomic E-state index is -0.567. The van der Waals surface area contributed by atoms with Gasteiger partial charge in [-0.05, 0) is 122 Å². The van der Waals surface area contributed by atoms with Gasteiger partial charge in [0.15, 0.2) is 0 Å². The van der Waals surface area contributed by atoms with Gasteiger partial charge in [0, 0.05) is 71.1 Å². The lowest BCUT2D eigenvalue weighted by Crippen LogP contribution is -2.08. The molecular formula is C58H63N7O8. The number of nitrogens with two attached hydrogens (primary N) is 1. The monoisotopic (exact) mass is 985 g/mol. The van der Waals surface area contributed by atoms with E-state index in [9.17, 15) is 28.8 Å². The standard InChI is InChI=1S/C58H63N7O8/c1-3-5-7-9-11-13-24-72-51-31-40-27-42(33-51)57(70)64-49-22-17-23-50(37-49)65-58(71)43-28-41(32-52(34-43)73-25-14-12-10-8-6-4-2)56(69)63-48-21-16-19-46(36-48)61-54(67)39-26-38(29-44(59)30-39)53(66)60-45-18-15-20-47(35-45)62-55(40)68/h15-23,26-37H,3-14,24-25,59H2,1-2H3,(H,60,66)(H,61,67)(H,62,68)(H,63,69)(H,64,70)(H,65,71). The Kier molecular flexibility index (Phi) is 18.7. The van der Waals surface area contributed by atoms with Crippen LogP contribution in [0.15, 0.2) is 156 Å². The van der Waals surface area contributed by atoms with Crippen molar-refractivity contribution in [2.45, 2.75) is 90.9 Å². The first-order valence-electron chi connectivity index (χ1n) is 25.1. The van der Waals surface area contributed by atoms with Crippen LogP contribution in [-0.2, 0) is 0 Å². The molecule has 1 aromatic heterocycles. The summed E-state index contributed by atoms with van der Waals surface area (Å²) in [5.74, 6) is 0.655. The van der Waals surface area contributed by atoms with Gasteiger partial charge in [0.05, 0.1) is 13.2 Å². The van der Waals surface area contributed by atoms with Gasteiger partial charge in [0.25, 0.3) is 33.4 Å². The summed E-state index contributed by atoms with van der Waals surface area (Å²) in [6, 6.07) is 33.1. The second kappa shape index (κ2) is 26.1. The lowest BCUT2D eigenvalue weighted by atomic mass is 10.1. The van der Waals surface area contributed by atoms with E-state index in [1.54, 1.807) is 97.1 Å². The highest BCUT2D eigenvalue weighted by Gasteiger charge is 2.05. The molecule has 378 valence electrons. The molecule has 0 fully saturated rings. The van der Waals surface area contributed by atoms with Crippen molar-refractivity contribution in [2.75, 3.05) is 18.9 Å². The lowest BCUT2D eigenvalue weighted by Gasteiger charge is -2.06. The maximum atomic E-state index is 14.0. The molecule has 7 rings (SSSR count). The third kappa shape index (κ3) is 15.8. The number of hydrogen-bond acceptors (Lipinski definition) is 9. The maximum Gasteiger partial charge on any atom is 0.255 e. The molecule has 15 heteroatoms. The maximum absolute atomic E-state index is 14.0. The van der Waals surface area contributed by atoms with Gasteiger partial charge in [-0.2, -0.15) is 0 Å². The first kappa shape index (κ1) is 52.4. The van der Waals surface area contributed by atoms with E-state index < -0.39 is 33.4 Å². The Labute approximate surface area is 419 Å².